The molecule has 0 aliphatic carbocycles. The van der Waals surface area contributed by atoms with Crippen molar-refractivity contribution in [3.05, 3.63) is 29.8 Å². The zero-order valence-electron chi connectivity index (χ0n) is 14.8. The van der Waals surface area contributed by atoms with Gasteiger partial charge < -0.3 is 9.64 Å². The highest BCUT2D eigenvalue weighted by atomic mass is 16.5. The first-order chi connectivity index (χ1) is 12.5. The highest BCUT2D eigenvalue weighted by Gasteiger charge is 2.37. The van der Waals surface area contributed by atoms with Crippen molar-refractivity contribution >= 4 is 29.4 Å². The maximum atomic E-state index is 12.2. The Morgan fingerprint density at radius 1 is 1.15 bits per heavy atom. The van der Waals surface area contributed by atoms with Gasteiger partial charge in [-0.25, -0.2) is 0 Å². The van der Waals surface area contributed by atoms with Gasteiger partial charge in [-0.1, -0.05) is 19.1 Å². The minimum absolute atomic E-state index is 0.0607. The van der Waals surface area contributed by atoms with E-state index >= 15 is 0 Å². The molecule has 1 aromatic carbocycles. The Kier molecular flexibility index (Phi) is 5.35. The van der Waals surface area contributed by atoms with Crippen molar-refractivity contribution < 1.29 is 23.9 Å². The summed E-state index contributed by atoms with van der Waals surface area (Å²) in [6.45, 7) is 2.21. The molecule has 0 spiro atoms. The van der Waals surface area contributed by atoms with Crippen molar-refractivity contribution in [2.45, 2.75) is 32.6 Å². The van der Waals surface area contributed by atoms with E-state index in [1.807, 2.05) is 24.3 Å². The Labute approximate surface area is 151 Å². The number of amides is 3. The van der Waals surface area contributed by atoms with Crippen LogP contribution >= 0.6 is 0 Å². The number of carbonyl (C=O) groups excluding carboxylic acids is 4. The van der Waals surface area contributed by atoms with Crippen LogP contribution in [0.3, 0.4) is 0 Å². The number of esters is 1. The molecule has 0 radical (unpaired) electrons. The molecule has 7 heteroatoms. The van der Waals surface area contributed by atoms with Crippen LogP contribution in [0.2, 0.25) is 0 Å². The lowest BCUT2D eigenvalue weighted by atomic mass is 10.1. The Morgan fingerprint density at radius 3 is 2.50 bits per heavy atom. The third-order valence-corrected chi connectivity index (χ3v) is 4.83. The average molecular weight is 358 g/mol. The number of ether oxygens (including phenoxy) is 1. The Bertz CT molecular complexity index is 728. The SMILES string of the molecule is CCc1ccc(N2C[C@@H](C(=O)OCC(=O)N3CCCC3=O)CC2=O)cc1. The maximum Gasteiger partial charge on any atom is 0.311 e. The predicted octanol–water partition coefficient (Wildman–Crippen LogP) is 1.29. The van der Waals surface area contributed by atoms with Gasteiger partial charge in [0.2, 0.25) is 11.8 Å². The van der Waals surface area contributed by atoms with E-state index in [0.29, 0.717) is 19.4 Å². The second kappa shape index (κ2) is 7.68. The maximum absolute atomic E-state index is 12.2. The largest absolute Gasteiger partial charge is 0.455 e. The summed E-state index contributed by atoms with van der Waals surface area (Å²) < 4.78 is 5.06. The lowest BCUT2D eigenvalue weighted by molar-refractivity contribution is -0.157. The molecule has 3 rings (SSSR count). The van der Waals surface area contributed by atoms with Crippen LogP contribution in [0.4, 0.5) is 5.69 Å². The van der Waals surface area contributed by atoms with Crippen LogP contribution in [-0.4, -0.2) is 48.3 Å². The first-order valence-corrected chi connectivity index (χ1v) is 8.88. The third kappa shape index (κ3) is 3.76. The number of benzene rings is 1. The average Bonchev–Trinajstić information content (AvgIpc) is 3.25. The summed E-state index contributed by atoms with van der Waals surface area (Å²) in [5.41, 5.74) is 1.92. The number of imide groups is 1. The zero-order chi connectivity index (χ0) is 18.7. The second-order valence-electron chi connectivity index (χ2n) is 6.58. The first-order valence-electron chi connectivity index (χ1n) is 8.88. The van der Waals surface area contributed by atoms with E-state index in [4.69, 9.17) is 4.74 Å². The summed E-state index contributed by atoms with van der Waals surface area (Å²) in [7, 11) is 0. The number of hydrogen-bond acceptors (Lipinski definition) is 5. The number of aryl methyl sites for hydroxylation is 1. The number of nitrogens with zero attached hydrogens (tertiary/aromatic N) is 2. The summed E-state index contributed by atoms with van der Waals surface area (Å²) >= 11 is 0. The number of anilines is 1. The van der Waals surface area contributed by atoms with Gasteiger partial charge >= 0.3 is 5.97 Å². The Balaban J connectivity index is 1.54. The van der Waals surface area contributed by atoms with E-state index in [-0.39, 0.29) is 24.8 Å². The van der Waals surface area contributed by atoms with Gasteiger partial charge in [-0.05, 0) is 30.5 Å². The summed E-state index contributed by atoms with van der Waals surface area (Å²) in [5, 5.41) is 0. The summed E-state index contributed by atoms with van der Waals surface area (Å²) in [6, 6.07) is 7.65. The minimum Gasteiger partial charge on any atom is -0.455 e. The van der Waals surface area contributed by atoms with Crippen molar-refractivity contribution in [1.82, 2.24) is 4.90 Å². The van der Waals surface area contributed by atoms with Gasteiger partial charge in [-0.2, -0.15) is 0 Å². The van der Waals surface area contributed by atoms with Crippen LogP contribution < -0.4 is 4.90 Å². The molecule has 0 bridgehead atoms. The molecule has 3 amide bonds. The van der Waals surface area contributed by atoms with Gasteiger partial charge in [0.15, 0.2) is 6.61 Å². The molecule has 0 saturated carbocycles. The van der Waals surface area contributed by atoms with Crippen LogP contribution in [-0.2, 0) is 30.3 Å². The molecule has 2 heterocycles. The predicted molar refractivity (Wildman–Crippen MR) is 93.2 cm³/mol. The van der Waals surface area contributed by atoms with Gasteiger partial charge in [0, 0.05) is 31.6 Å². The van der Waals surface area contributed by atoms with Gasteiger partial charge in [-0.3, -0.25) is 24.1 Å². The quantitative estimate of drug-likeness (QED) is 0.741. The van der Waals surface area contributed by atoms with Crippen molar-refractivity contribution in [3.63, 3.8) is 0 Å². The van der Waals surface area contributed by atoms with E-state index in [2.05, 4.69) is 6.92 Å². The van der Waals surface area contributed by atoms with Crippen LogP contribution in [0.5, 0.6) is 0 Å². The standard InChI is InChI=1S/C19H22N2O5/c1-2-13-5-7-15(8-6-13)21-11-14(10-17(21)23)19(25)26-12-18(24)20-9-3-4-16(20)22/h5-8,14H,2-4,9-12H2,1H3/t14-/m0/s1. The van der Waals surface area contributed by atoms with Gasteiger partial charge in [0.05, 0.1) is 5.92 Å². The molecule has 0 unspecified atom stereocenters. The van der Waals surface area contributed by atoms with Crippen molar-refractivity contribution in [2.24, 2.45) is 5.92 Å². The Morgan fingerprint density at radius 2 is 1.88 bits per heavy atom. The zero-order valence-corrected chi connectivity index (χ0v) is 14.8. The van der Waals surface area contributed by atoms with Crippen LogP contribution in [0.25, 0.3) is 0 Å². The van der Waals surface area contributed by atoms with Crippen molar-refractivity contribution in [3.8, 4) is 0 Å². The van der Waals surface area contributed by atoms with E-state index in [0.717, 1.165) is 17.0 Å². The molecule has 2 saturated heterocycles. The smallest absolute Gasteiger partial charge is 0.311 e. The summed E-state index contributed by atoms with van der Waals surface area (Å²) in [6.07, 6.45) is 1.96. The van der Waals surface area contributed by atoms with Crippen LogP contribution in [0.1, 0.15) is 31.7 Å². The minimum atomic E-state index is -0.601. The Hall–Kier alpha value is -2.70. The van der Waals surface area contributed by atoms with Gasteiger partial charge in [0.25, 0.3) is 5.91 Å². The van der Waals surface area contributed by atoms with Crippen LogP contribution in [0.15, 0.2) is 24.3 Å². The lowest BCUT2D eigenvalue weighted by Gasteiger charge is -2.17. The van der Waals surface area contributed by atoms with Crippen molar-refractivity contribution in [1.29, 1.82) is 0 Å². The highest BCUT2D eigenvalue weighted by molar-refractivity contribution is 6.00. The molecule has 0 N–H and O–H groups in total. The van der Waals surface area contributed by atoms with Crippen LogP contribution in [0, 0.1) is 5.92 Å². The third-order valence-electron chi connectivity index (χ3n) is 4.83. The van der Waals surface area contributed by atoms with Crippen molar-refractivity contribution in [2.75, 3.05) is 24.6 Å². The van der Waals surface area contributed by atoms with E-state index < -0.39 is 24.4 Å². The highest BCUT2D eigenvalue weighted by Crippen LogP contribution is 2.26. The molecule has 1 aromatic rings. The normalized spacial score (nSPS) is 20.0. The molecule has 1 atom stereocenters. The monoisotopic (exact) mass is 358 g/mol. The van der Waals surface area contributed by atoms with Gasteiger partial charge in [-0.15, -0.1) is 0 Å². The fraction of sp³-hybridized carbons (Fsp3) is 0.474. The lowest BCUT2D eigenvalue weighted by Crippen LogP contribution is -2.36. The molecule has 2 aliphatic rings. The molecule has 2 aliphatic heterocycles. The van der Waals surface area contributed by atoms with Gasteiger partial charge in [0.1, 0.15) is 0 Å². The first kappa shape index (κ1) is 18.1. The number of likely N-dealkylation sites (tertiary alicyclic amines) is 1. The molecule has 0 aromatic heterocycles. The molecule has 2 fully saturated rings. The number of carbonyl (C=O) groups is 4. The fourth-order valence-corrected chi connectivity index (χ4v) is 3.27. The topological polar surface area (TPSA) is 84.0 Å². The molecule has 7 nitrogen and oxygen atoms in total. The molecule has 26 heavy (non-hydrogen) atoms. The number of rotatable bonds is 5. The number of hydrogen-bond donors (Lipinski definition) is 0. The molecule has 138 valence electrons. The summed E-state index contributed by atoms with van der Waals surface area (Å²) in [4.78, 5) is 50.6. The van der Waals surface area contributed by atoms with E-state index in [9.17, 15) is 19.2 Å². The summed E-state index contributed by atoms with van der Waals surface area (Å²) in [5.74, 6) is -2.06. The molecular formula is C19H22N2O5. The van der Waals surface area contributed by atoms with E-state index in [1.54, 1.807) is 4.90 Å². The molecular weight excluding hydrogens is 336 g/mol. The fourth-order valence-electron chi connectivity index (χ4n) is 3.27. The van der Waals surface area contributed by atoms with E-state index in [1.165, 1.54) is 5.56 Å². The second-order valence-corrected chi connectivity index (χ2v) is 6.58.